The number of benzene rings is 2. The topological polar surface area (TPSA) is 0 Å². The van der Waals surface area contributed by atoms with Crippen LogP contribution in [0.15, 0.2) is 42.2 Å². The van der Waals surface area contributed by atoms with E-state index < -0.39 is 0 Å². The first-order chi connectivity index (χ1) is 8.40. The van der Waals surface area contributed by atoms with Crippen molar-refractivity contribution in [1.82, 2.24) is 0 Å². The van der Waals surface area contributed by atoms with Crippen molar-refractivity contribution < 1.29 is 0 Å². The molecule has 0 amide bonds. The molecule has 0 aliphatic carbocycles. The first-order valence-corrected chi connectivity index (χ1v) is 8.49. The van der Waals surface area contributed by atoms with Gasteiger partial charge in [0, 0.05) is 17.9 Å². The Kier molecular flexibility index (Phi) is 4.74. The van der Waals surface area contributed by atoms with Crippen molar-refractivity contribution in [3.8, 4) is 11.1 Å². The van der Waals surface area contributed by atoms with Crippen LogP contribution in [0.1, 0.15) is 11.1 Å². The fourth-order valence-corrected chi connectivity index (χ4v) is 4.00. The normalized spacial score (nSPS) is 10.8. The first-order valence-electron chi connectivity index (χ1n) is 5.32. The van der Waals surface area contributed by atoms with Gasteiger partial charge < -0.3 is 0 Å². The minimum atomic E-state index is 1.11. The standard InChI is InChI=1S/C14H10Br4/c1-7-11(15)3-9(4-12(7)16)10-5-13(17)8(2)14(18)6-10/h3-6H,1-2H3. The van der Waals surface area contributed by atoms with Crippen molar-refractivity contribution in [1.29, 1.82) is 0 Å². The summed E-state index contributed by atoms with van der Waals surface area (Å²) in [5.41, 5.74) is 4.79. The summed E-state index contributed by atoms with van der Waals surface area (Å²) in [5.74, 6) is 0. The maximum atomic E-state index is 3.59. The van der Waals surface area contributed by atoms with Gasteiger partial charge in [-0.3, -0.25) is 0 Å². The predicted octanol–water partition coefficient (Wildman–Crippen LogP) is 7.02. The Labute approximate surface area is 141 Å². The third kappa shape index (κ3) is 2.92. The lowest BCUT2D eigenvalue weighted by atomic mass is 10.0. The second kappa shape index (κ2) is 5.78. The van der Waals surface area contributed by atoms with Crippen LogP contribution in [-0.4, -0.2) is 0 Å². The number of rotatable bonds is 1. The van der Waals surface area contributed by atoms with Gasteiger partial charge in [-0.25, -0.2) is 0 Å². The highest BCUT2D eigenvalue weighted by molar-refractivity contribution is 9.11. The summed E-state index contributed by atoms with van der Waals surface area (Å²) in [6.45, 7) is 4.16. The Bertz CT molecular complexity index is 516. The van der Waals surface area contributed by atoms with E-state index in [9.17, 15) is 0 Å². The van der Waals surface area contributed by atoms with Crippen molar-refractivity contribution >= 4 is 63.7 Å². The molecule has 4 heteroatoms. The van der Waals surface area contributed by atoms with E-state index in [-0.39, 0.29) is 0 Å². The molecule has 0 N–H and O–H groups in total. The number of halogens is 4. The Morgan fingerprint density at radius 3 is 1.00 bits per heavy atom. The zero-order chi connectivity index (χ0) is 13.4. The van der Waals surface area contributed by atoms with Gasteiger partial charge in [0.15, 0.2) is 0 Å². The van der Waals surface area contributed by atoms with Crippen molar-refractivity contribution in [3.05, 3.63) is 53.3 Å². The highest BCUT2D eigenvalue weighted by Crippen LogP contribution is 2.35. The van der Waals surface area contributed by atoms with Gasteiger partial charge in [0.25, 0.3) is 0 Å². The van der Waals surface area contributed by atoms with Crippen molar-refractivity contribution in [2.45, 2.75) is 13.8 Å². The molecular weight excluding hydrogens is 488 g/mol. The van der Waals surface area contributed by atoms with E-state index in [4.69, 9.17) is 0 Å². The molecule has 0 spiro atoms. The minimum absolute atomic E-state index is 1.11. The fraction of sp³-hybridized carbons (Fsp3) is 0.143. The Hall–Kier alpha value is 0.360. The van der Waals surface area contributed by atoms with Gasteiger partial charge in [-0.05, 0) is 60.4 Å². The van der Waals surface area contributed by atoms with Crippen LogP contribution in [0.5, 0.6) is 0 Å². The average Bonchev–Trinajstić information content (AvgIpc) is 2.31. The summed E-state index contributed by atoms with van der Waals surface area (Å²) in [7, 11) is 0. The summed E-state index contributed by atoms with van der Waals surface area (Å²) in [5, 5.41) is 0. The summed E-state index contributed by atoms with van der Waals surface area (Å²) in [4.78, 5) is 0. The molecule has 2 aromatic carbocycles. The predicted molar refractivity (Wildman–Crippen MR) is 92.2 cm³/mol. The molecule has 18 heavy (non-hydrogen) atoms. The van der Waals surface area contributed by atoms with E-state index >= 15 is 0 Å². The van der Waals surface area contributed by atoms with Gasteiger partial charge in [0.1, 0.15) is 0 Å². The SMILES string of the molecule is Cc1c(Br)cc(-c2cc(Br)c(C)c(Br)c2)cc1Br. The molecule has 0 nitrogen and oxygen atoms in total. The van der Waals surface area contributed by atoms with Crippen LogP contribution in [0.4, 0.5) is 0 Å². The van der Waals surface area contributed by atoms with Gasteiger partial charge >= 0.3 is 0 Å². The summed E-state index contributed by atoms with van der Waals surface area (Å²) in [6, 6.07) is 8.57. The molecule has 0 bridgehead atoms. The average molecular weight is 498 g/mol. The van der Waals surface area contributed by atoms with E-state index in [0.717, 1.165) is 17.9 Å². The first kappa shape index (κ1) is 14.8. The minimum Gasteiger partial charge on any atom is -0.0505 e. The summed E-state index contributed by atoms with van der Waals surface area (Å²) in [6.07, 6.45) is 0. The molecule has 2 rings (SSSR count). The fourth-order valence-electron chi connectivity index (χ4n) is 1.62. The van der Waals surface area contributed by atoms with E-state index in [2.05, 4.69) is 102 Å². The van der Waals surface area contributed by atoms with Crippen molar-refractivity contribution in [2.75, 3.05) is 0 Å². The molecule has 0 saturated carbocycles. The molecule has 0 radical (unpaired) electrons. The van der Waals surface area contributed by atoms with Crippen molar-refractivity contribution in [3.63, 3.8) is 0 Å². The Balaban J connectivity index is 2.63. The lowest BCUT2D eigenvalue weighted by Crippen LogP contribution is -1.86. The molecular formula is C14H10Br4. The van der Waals surface area contributed by atoms with Crippen molar-refractivity contribution in [2.24, 2.45) is 0 Å². The largest absolute Gasteiger partial charge is 0.0505 e. The molecule has 0 unspecified atom stereocenters. The maximum Gasteiger partial charge on any atom is 0.0221 e. The van der Waals surface area contributed by atoms with Crippen LogP contribution in [0.3, 0.4) is 0 Å². The smallest absolute Gasteiger partial charge is 0.0221 e. The van der Waals surface area contributed by atoms with E-state index in [1.54, 1.807) is 0 Å². The number of hydrogen-bond donors (Lipinski definition) is 0. The van der Waals surface area contributed by atoms with Gasteiger partial charge in [-0.1, -0.05) is 63.7 Å². The highest BCUT2D eigenvalue weighted by Gasteiger charge is 2.08. The molecule has 2 aromatic rings. The monoisotopic (exact) mass is 494 g/mol. The lowest BCUT2D eigenvalue weighted by Gasteiger charge is -2.10. The molecule has 0 heterocycles. The van der Waals surface area contributed by atoms with Crippen LogP contribution in [0, 0.1) is 13.8 Å². The van der Waals surface area contributed by atoms with Crippen LogP contribution >= 0.6 is 63.7 Å². The second-order valence-corrected chi connectivity index (χ2v) is 7.55. The van der Waals surface area contributed by atoms with Gasteiger partial charge in [-0.15, -0.1) is 0 Å². The van der Waals surface area contributed by atoms with Crippen LogP contribution in [-0.2, 0) is 0 Å². The summed E-state index contributed by atoms with van der Waals surface area (Å²) < 4.78 is 4.44. The van der Waals surface area contributed by atoms with Crippen LogP contribution in [0.2, 0.25) is 0 Å². The van der Waals surface area contributed by atoms with E-state index in [1.807, 2.05) is 0 Å². The maximum absolute atomic E-state index is 3.59. The molecule has 0 aliphatic rings. The Morgan fingerprint density at radius 1 is 0.556 bits per heavy atom. The van der Waals surface area contributed by atoms with Gasteiger partial charge in [0.05, 0.1) is 0 Å². The summed E-state index contributed by atoms with van der Waals surface area (Å²) >= 11 is 14.4. The highest BCUT2D eigenvalue weighted by atomic mass is 79.9. The molecule has 0 aliphatic heterocycles. The Morgan fingerprint density at radius 2 is 0.778 bits per heavy atom. The molecule has 94 valence electrons. The zero-order valence-electron chi connectivity index (χ0n) is 9.82. The van der Waals surface area contributed by atoms with Gasteiger partial charge in [-0.2, -0.15) is 0 Å². The zero-order valence-corrected chi connectivity index (χ0v) is 16.2. The second-order valence-electron chi connectivity index (χ2n) is 4.13. The molecule has 0 atom stereocenters. The quantitative estimate of drug-likeness (QED) is 0.397. The van der Waals surface area contributed by atoms with Gasteiger partial charge in [0.2, 0.25) is 0 Å². The molecule has 0 saturated heterocycles. The third-order valence-corrected chi connectivity index (χ3v) is 6.19. The molecule has 0 fully saturated rings. The number of hydrogen-bond acceptors (Lipinski definition) is 0. The van der Waals surface area contributed by atoms with Crippen LogP contribution in [0.25, 0.3) is 11.1 Å². The molecule has 0 aromatic heterocycles. The lowest BCUT2D eigenvalue weighted by molar-refractivity contribution is 1.37. The van der Waals surface area contributed by atoms with Crippen LogP contribution < -0.4 is 0 Å². The van der Waals surface area contributed by atoms with E-state index in [0.29, 0.717) is 0 Å². The third-order valence-electron chi connectivity index (χ3n) is 2.90. The van der Waals surface area contributed by atoms with E-state index in [1.165, 1.54) is 22.3 Å².